The molecule has 2 atom stereocenters. The van der Waals surface area contributed by atoms with Crippen molar-refractivity contribution in [3.8, 4) is 34.4 Å². The van der Waals surface area contributed by atoms with Gasteiger partial charge in [0.05, 0.1) is 29.7 Å². The molecule has 8 aromatic rings. The third-order valence-electron chi connectivity index (χ3n) is 9.77. The molecule has 0 fully saturated rings. The molecule has 2 amide bonds. The van der Waals surface area contributed by atoms with E-state index in [9.17, 15) is 9.59 Å². The molecule has 0 spiro atoms. The summed E-state index contributed by atoms with van der Waals surface area (Å²) in [6.45, 7) is 0.0907. The number of hydrogen-bond donors (Lipinski definition) is 5. The topological polar surface area (TPSA) is 173 Å². The number of aliphatic hydroxyl groups is 1. The molecule has 0 saturated carbocycles. The molecule has 2 unspecified atom stereocenters. The van der Waals surface area contributed by atoms with E-state index in [2.05, 4.69) is 14.5 Å². The normalized spacial score (nSPS) is 12.0. The molecule has 0 saturated heterocycles. The van der Waals surface area contributed by atoms with Crippen molar-refractivity contribution in [1.29, 1.82) is 0 Å². The Kier molecular flexibility index (Phi) is 12.8. The quantitative estimate of drug-likeness (QED) is 0.0777. The maximum Gasteiger partial charge on any atom is 0.237 e. The van der Waals surface area contributed by atoms with Gasteiger partial charge in [0.25, 0.3) is 0 Å². The maximum absolute atomic E-state index is 12.1. The average molecular weight is 787 g/mol. The van der Waals surface area contributed by atoms with Crippen molar-refractivity contribution in [2.24, 2.45) is 17.2 Å². The fourth-order valence-electron chi connectivity index (χ4n) is 6.83. The van der Waals surface area contributed by atoms with Crippen LogP contribution in [0.3, 0.4) is 0 Å². The minimum Gasteiger partial charge on any atom is -0.457 e. The van der Waals surface area contributed by atoms with Crippen LogP contribution in [0.2, 0.25) is 0 Å². The van der Waals surface area contributed by atoms with Crippen LogP contribution >= 0.6 is 0 Å². The number of nitrogens with zero attached hydrogens (tertiary/aromatic N) is 2. The fraction of sp³-hybridized carbons (Fsp3) is 0.125. The monoisotopic (exact) mass is 786 g/mol. The molecule has 0 aliphatic heterocycles. The molecule has 298 valence electrons. The lowest BCUT2D eigenvalue weighted by Gasteiger charge is -2.11. The molecule has 0 aliphatic carbocycles. The SMILES string of the molecule is NC(=O)C(N)Cc1cn(-c2ccc(Oc3ccccc3)cc2)c2ccccc12.NC(Cc1cn(-c2ccc(Oc3ccccc3)cc2)c2ccccc12)C(=O)NCCO. The number of aromatic nitrogens is 2. The highest BCUT2D eigenvalue weighted by Gasteiger charge is 2.18. The Labute approximate surface area is 342 Å². The summed E-state index contributed by atoms with van der Waals surface area (Å²) in [5, 5.41) is 13.6. The molecule has 0 radical (unpaired) electrons. The molecular weight excluding hydrogens is 741 g/mol. The lowest BCUT2D eigenvalue weighted by atomic mass is 10.1. The van der Waals surface area contributed by atoms with Crippen molar-refractivity contribution in [2.45, 2.75) is 24.9 Å². The predicted octanol–water partition coefficient (Wildman–Crippen LogP) is 7.18. The summed E-state index contributed by atoms with van der Waals surface area (Å²) in [6, 6.07) is 49.8. The van der Waals surface area contributed by atoms with Gasteiger partial charge in [0.2, 0.25) is 11.8 Å². The molecule has 59 heavy (non-hydrogen) atoms. The van der Waals surface area contributed by atoms with E-state index in [-0.39, 0.29) is 19.1 Å². The highest BCUT2D eigenvalue weighted by Crippen LogP contribution is 2.30. The number of nitrogens with two attached hydrogens (primary N) is 3. The van der Waals surface area contributed by atoms with E-state index in [0.29, 0.717) is 12.8 Å². The summed E-state index contributed by atoms with van der Waals surface area (Å²) in [6.07, 6.45) is 4.84. The van der Waals surface area contributed by atoms with Gasteiger partial charge in [-0.1, -0.05) is 72.8 Å². The summed E-state index contributed by atoms with van der Waals surface area (Å²) in [4.78, 5) is 23.5. The van der Waals surface area contributed by atoms with E-state index >= 15 is 0 Å². The van der Waals surface area contributed by atoms with Crippen molar-refractivity contribution in [2.75, 3.05) is 13.2 Å². The summed E-state index contributed by atoms with van der Waals surface area (Å²) in [5.74, 6) is 2.34. The van der Waals surface area contributed by atoms with Crippen LogP contribution in [0.4, 0.5) is 0 Å². The summed E-state index contributed by atoms with van der Waals surface area (Å²) >= 11 is 0. The Morgan fingerprint density at radius 3 is 1.36 bits per heavy atom. The number of nitrogens with one attached hydrogen (secondary N) is 1. The summed E-state index contributed by atoms with van der Waals surface area (Å²) < 4.78 is 15.9. The smallest absolute Gasteiger partial charge is 0.237 e. The van der Waals surface area contributed by atoms with Gasteiger partial charge in [0.1, 0.15) is 23.0 Å². The minimum absolute atomic E-state index is 0.109. The van der Waals surface area contributed by atoms with E-state index in [1.165, 1.54) is 0 Å². The number of rotatable bonds is 14. The zero-order chi connectivity index (χ0) is 41.1. The molecule has 0 bridgehead atoms. The number of ether oxygens (including phenoxy) is 2. The van der Waals surface area contributed by atoms with Crippen molar-refractivity contribution in [3.63, 3.8) is 0 Å². The average Bonchev–Trinajstić information content (AvgIpc) is 3.82. The van der Waals surface area contributed by atoms with Crippen molar-refractivity contribution < 1.29 is 24.2 Å². The van der Waals surface area contributed by atoms with Crippen molar-refractivity contribution >= 4 is 33.6 Å². The lowest BCUT2D eigenvalue weighted by Crippen LogP contribution is -2.42. The number of para-hydroxylation sites is 4. The number of aliphatic hydroxyl groups excluding tert-OH is 1. The van der Waals surface area contributed by atoms with E-state index in [1.54, 1.807) is 0 Å². The van der Waals surface area contributed by atoms with Crippen LogP contribution in [0, 0.1) is 0 Å². The molecule has 2 heterocycles. The number of primary amides is 1. The van der Waals surface area contributed by atoms with Crippen LogP contribution in [-0.2, 0) is 22.4 Å². The molecule has 8 rings (SSSR count). The van der Waals surface area contributed by atoms with E-state index in [4.69, 9.17) is 31.8 Å². The number of amides is 2. The van der Waals surface area contributed by atoms with Crippen LogP contribution < -0.4 is 32.0 Å². The fourth-order valence-corrected chi connectivity index (χ4v) is 6.83. The molecule has 0 aliphatic rings. The molecule has 11 nitrogen and oxygen atoms in total. The highest BCUT2D eigenvalue weighted by molar-refractivity contribution is 5.89. The summed E-state index contributed by atoms with van der Waals surface area (Å²) in [5.41, 5.74) is 23.4. The zero-order valence-corrected chi connectivity index (χ0v) is 32.4. The van der Waals surface area contributed by atoms with Gasteiger partial charge in [0, 0.05) is 41.1 Å². The van der Waals surface area contributed by atoms with Crippen LogP contribution in [0.25, 0.3) is 33.2 Å². The first-order valence-corrected chi connectivity index (χ1v) is 19.3. The third-order valence-corrected chi connectivity index (χ3v) is 9.77. The van der Waals surface area contributed by atoms with Gasteiger partial charge in [-0.25, -0.2) is 0 Å². The Bertz CT molecular complexity index is 2620. The Morgan fingerprint density at radius 2 is 0.932 bits per heavy atom. The van der Waals surface area contributed by atoms with Crippen LogP contribution in [0.15, 0.2) is 170 Å². The second-order valence-corrected chi connectivity index (χ2v) is 13.9. The number of hydrogen-bond acceptors (Lipinski definition) is 7. The molecule has 2 aromatic heterocycles. The Hall–Kier alpha value is -7.18. The van der Waals surface area contributed by atoms with Crippen LogP contribution in [0.1, 0.15) is 11.1 Å². The zero-order valence-electron chi connectivity index (χ0n) is 32.4. The van der Waals surface area contributed by atoms with Gasteiger partial charge < -0.3 is 46.2 Å². The molecule has 8 N–H and O–H groups in total. The van der Waals surface area contributed by atoms with E-state index in [1.807, 2.05) is 170 Å². The second kappa shape index (κ2) is 18.8. The number of carbonyl (C=O) groups is 2. The highest BCUT2D eigenvalue weighted by atomic mass is 16.5. The van der Waals surface area contributed by atoms with Gasteiger partial charge >= 0.3 is 0 Å². The first kappa shape index (κ1) is 40.0. The second-order valence-electron chi connectivity index (χ2n) is 13.9. The van der Waals surface area contributed by atoms with Crippen molar-refractivity contribution in [1.82, 2.24) is 14.5 Å². The van der Waals surface area contributed by atoms with Gasteiger partial charge in [-0.05, 0) is 109 Å². The molecular formula is C48H46N6O5. The molecule has 6 aromatic carbocycles. The van der Waals surface area contributed by atoms with Crippen LogP contribution in [0.5, 0.6) is 23.0 Å². The Balaban J connectivity index is 0.000000180. The Morgan fingerprint density at radius 1 is 0.542 bits per heavy atom. The van der Waals surface area contributed by atoms with E-state index < -0.39 is 18.0 Å². The number of benzene rings is 6. The molecule has 11 heteroatoms. The minimum atomic E-state index is -0.707. The van der Waals surface area contributed by atoms with Gasteiger partial charge in [0.15, 0.2) is 0 Å². The number of fused-ring (bicyclic) bond motifs is 2. The third kappa shape index (κ3) is 9.86. The number of carbonyl (C=O) groups excluding carboxylic acids is 2. The van der Waals surface area contributed by atoms with E-state index in [0.717, 1.165) is 67.3 Å². The standard InChI is InChI=1S/C25H25N3O3.C23H21N3O2/c26-23(25(30)27-14-15-29)16-18-17-28(24-9-5-4-8-22(18)24)19-10-12-21(13-11-19)31-20-6-2-1-3-7-20;24-21(23(25)27)14-16-15-26(22-9-5-4-8-20(16)22)17-10-12-19(13-11-17)28-18-6-2-1-3-7-18/h1-13,17,23,29H,14-16,26H2,(H,27,30);1-13,15,21H,14,24H2,(H2,25,27). The van der Waals surface area contributed by atoms with Gasteiger partial charge in [-0.15, -0.1) is 0 Å². The first-order valence-electron chi connectivity index (χ1n) is 19.3. The van der Waals surface area contributed by atoms with Crippen LogP contribution in [-0.4, -0.2) is 51.3 Å². The predicted molar refractivity (Wildman–Crippen MR) is 232 cm³/mol. The first-order chi connectivity index (χ1) is 28.8. The summed E-state index contributed by atoms with van der Waals surface area (Å²) in [7, 11) is 0. The van der Waals surface area contributed by atoms with Gasteiger partial charge in [-0.3, -0.25) is 9.59 Å². The largest absolute Gasteiger partial charge is 0.457 e. The van der Waals surface area contributed by atoms with Crippen molar-refractivity contribution in [3.05, 3.63) is 181 Å². The lowest BCUT2D eigenvalue weighted by molar-refractivity contribution is -0.122. The van der Waals surface area contributed by atoms with Gasteiger partial charge in [-0.2, -0.15) is 0 Å². The maximum atomic E-state index is 12.1.